The summed E-state index contributed by atoms with van der Waals surface area (Å²) in [7, 11) is 0. The Morgan fingerprint density at radius 2 is 2.23 bits per heavy atom. The van der Waals surface area contributed by atoms with Gasteiger partial charge in [0.05, 0.1) is 0 Å². The van der Waals surface area contributed by atoms with Crippen molar-refractivity contribution in [2.24, 2.45) is 0 Å². The first-order valence-electron chi connectivity index (χ1n) is 4.06. The number of anilines is 1. The monoisotopic (exact) mass is 197 g/mol. The van der Waals surface area contributed by atoms with Gasteiger partial charge in [-0.15, -0.1) is 11.6 Å². The van der Waals surface area contributed by atoms with Gasteiger partial charge in [0, 0.05) is 18.0 Å². The number of hydrogen-bond donors (Lipinski definition) is 1. The summed E-state index contributed by atoms with van der Waals surface area (Å²) in [6.07, 6.45) is 0.449. The fraction of sp³-hybridized carbons (Fsp3) is 0.300. The summed E-state index contributed by atoms with van der Waals surface area (Å²) in [5.74, 6) is 0.530. The number of nitrogen functional groups attached to an aromatic ring is 1. The molecule has 0 aliphatic heterocycles. The molecule has 2 N–H and O–H groups in total. The van der Waals surface area contributed by atoms with Gasteiger partial charge in [0.15, 0.2) is 0 Å². The predicted octanol–water partition coefficient (Wildman–Crippen LogP) is 2.14. The summed E-state index contributed by atoms with van der Waals surface area (Å²) in [6.45, 7) is 1.57. The molecule has 13 heavy (non-hydrogen) atoms. The number of hydrogen-bond acceptors (Lipinski definition) is 2. The average Bonchev–Trinajstić information content (AvgIpc) is 2.07. The van der Waals surface area contributed by atoms with Gasteiger partial charge in [-0.3, -0.25) is 4.79 Å². The van der Waals surface area contributed by atoms with Crippen LogP contribution in [-0.4, -0.2) is 5.78 Å². The normalized spacial score (nSPS) is 10.0. The van der Waals surface area contributed by atoms with Crippen molar-refractivity contribution in [3.05, 3.63) is 29.3 Å². The van der Waals surface area contributed by atoms with Crippen LogP contribution in [0.5, 0.6) is 0 Å². The smallest absolute Gasteiger partial charge is 0.134 e. The lowest BCUT2D eigenvalue weighted by Gasteiger charge is -2.04. The van der Waals surface area contributed by atoms with Crippen LogP contribution in [0.3, 0.4) is 0 Å². The van der Waals surface area contributed by atoms with Gasteiger partial charge >= 0.3 is 0 Å². The van der Waals surface area contributed by atoms with Crippen LogP contribution in [0.25, 0.3) is 0 Å². The number of ketones is 1. The fourth-order valence-corrected chi connectivity index (χ4v) is 1.40. The third kappa shape index (κ3) is 2.74. The van der Waals surface area contributed by atoms with Gasteiger partial charge in [0.25, 0.3) is 0 Å². The highest BCUT2D eigenvalue weighted by Gasteiger charge is 2.01. The maximum Gasteiger partial charge on any atom is 0.134 e. The summed E-state index contributed by atoms with van der Waals surface area (Å²) >= 11 is 5.68. The lowest BCUT2D eigenvalue weighted by molar-refractivity contribution is -0.116. The highest BCUT2D eigenvalue weighted by atomic mass is 35.5. The lowest BCUT2D eigenvalue weighted by atomic mass is 10.1. The van der Waals surface area contributed by atoms with Crippen molar-refractivity contribution in [1.82, 2.24) is 0 Å². The van der Waals surface area contributed by atoms with E-state index in [9.17, 15) is 4.79 Å². The Hall–Kier alpha value is -1.02. The van der Waals surface area contributed by atoms with Gasteiger partial charge in [-0.1, -0.05) is 12.1 Å². The van der Waals surface area contributed by atoms with Crippen LogP contribution in [0.1, 0.15) is 18.1 Å². The van der Waals surface area contributed by atoms with E-state index in [4.69, 9.17) is 17.3 Å². The second-order valence-corrected chi connectivity index (χ2v) is 3.31. The first kappa shape index (κ1) is 10.1. The van der Waals surface area contributed by atoms with E-state index in [1.54, 1.807) is 13.0 Å². The second kappa shape index (κ2) is 4.28. The minimum absolute atomic E-state index is 0.144. The second-order valence-electron chi connectivity index (χ2n) is 3.05. The average molecular weight is 198 g/mol. The van der Waals surface area contributed by atoms with E-state index in [0.29, 0.717) is 18.0 Å². The molecule has 3 heteroatoms. The van der Waals surface area contributed by atoms with E-state index in [1.165, 1.54) is 0 Å². The van der Waals surface area contributed by atoms with Crippen molar-refractivity contribution in [3.8, 4) is 0 Å². The minimum atomic E-state index is 0.144. The van der Waals surface area contributed by atoms with E-state index in [1.807, 2.05) is 12.1 Å². The molecular formula is C10H12ClNO. The third-order valence-corrected chi connectivity index (χ3v) is 2.09. The highest BCUT2D eigenvalue weighted by Crippen LogP contribution is 2.16. The zero-order valence-corrected chi connectivity index (χ0v) is 8.27. The van der Waals surface area contributed by atoms with E-state index in [0.717, 1.165) is 11.1 Å². The SMILES string of the molecule is CC(=O)Cc1ccc(N)c(CCl)c1. The van der Waals surface area contributed by atoms with Gasteiger partial charge < -0.3 is 5.73 Å². The number of halogens is 1. The molecule has 0 saturated carbocycles. The molecule has 1 aromatic carbocycles. The van der Waals surface area contributed by atoms with Crippen LogP contribution in [0.4, 0.5) is 5.69 Å². The zero-order chi connectivity index (χ0) is 9.84. The van der Waals surface area contributed by atoms with Gasteiger partial charge in [-0.2, -0.15) is 0 Å². The quantitative estimate of drug-likeness (QED) is 0.596. The Morgan fingerprint density at radius 3 is 2.77 bits per heavy atom. The number of benzene rings is 1. The molecule has 0 fully saturated rings. The van der Waals surface area contributed by atoms with Crippen LogP contribution in [0.15, 0.2) is 18.2 Å². The van der Waals surface area contributed by atoms with Crippen LogP contribution in [-0.2, 0) is 17.1 Å². The Morgan fingerprint density at radius 1 is 1.54 bits per heavy atom. The first-order valence-corrected chi connectivity index (χ1v) is 4.59. The van der Waals surface area contributed by atoms with Gasteiger partial charge in [-0.25, -0.2) is 0 Å². The number of carbonyl (C=O) groups is 1. The summed E-state index contributed by atoms with van der Waals surface area (Å²) in [4.78, 5) is 10.8. The van der Waals surface area contributed by atoms with Gasteiger partial charge in [-0.05, 0) is 24.1 Å². The van der Waals surface area contributed by atoms with E-state index >= 15 is 0 Å². The summed E-state index contributed by atoms with van der Waals surface area (Å²) in [5.41, 5.74) is 8.20. The van der Waals surface area contributed by atoms with Crippen LogP contribution in [0, 0.1) is 0 Å². The maximum absolute atomic E-state index is 10.8. The maximum atomic E-state index is 10.8. The molecule has 0 unspecified atom stereocenters. The van der Waals surface area contributed by atoms with E-state index in [-0.39, 0.29) is 5.78 Å². The van der Waals surface area contributed by atoms with Crippen molar-refractivity contribution >= 4 is 23.1 Å². The Bertz CT molecular complexity index is 323. The Kier molecular flexibility index (Phi) is 3.32. The van der Waals surface area contributed by atoms with E-state index in [2.05, 4.69) is 0 Å². The van der Waals surface area contributed by atoms with Gasteiger partial charge in [0.2, 0.25) is 0 Å². The summed E-state index contributed by atoms with van der Waals surface area (Å²) in [6, 6.07) is 5.52. The Balaban J connectivity index is 2.92. The molecule has 0 atom stereocenters. The molecule has 2 nitrogen and oxygen atoms in total. The number of rotatable bonds is 3. The highest BCUT2D eigenvalue weighted by molar-refractivity contribution is 6.17. The lowest BCUT2D eigenvalue weighted by Crippen LogP contribution is -1.99. The summed E-state index contributed by atoms with van der Waals surface area (Å²) < 4.78 is 0. The third-order valence-electron chi connectivity index (χ3n) is 1.80. The van der Waals surface area contributed by atoms with Crippen LogP contribution >= 0.6 is 11.6 Å². The predicted molar refractivity (Wildman–Crippen MR) is 54.8 cm³/mol. The molecular weight excluding hydrogens is 186 g/mol. The standard InChI is InChI=1S/C10H12ClNO/c1-7(13)4-8-2-3-10(12)9(5-8)6-11/h2-3,5H,4,6,12H2,1H3. The molecule has 0 radical (unpaired) electrons. The number of nitrogens with two attached hydrogens (primary N) is 1. The molecule has 0 heterocycles. The van der Waals surface area contributed by atoms with Crippen LogP contribution in [0.2, 0.25) is 0 Å². The molecule has 70 valence electrons. The van der Waals surface area contributed by atoms with Crippen molar-refractivity contribution in [1.29, 1.82) is 0 Å². The topological polar surface area (TPSA) is 43.1 Å². The molecule has 0 bridgehead atoms. The van der Waals surface area contributed by atoms with Crippen molar-refractivity contribution < 1.29 is 4.79 Å². The Labute approximate surface area is 82.7 Å². The van der Waals surface area contributed by atoms with Crippen LogP contribution < -0.4 is 5.73 Å². The molecule has 0 aliphatic rings. The number of Topliss-reactive ketones (excluding diaryl/α,β-unsaturated/α-hetero) is 1. The van der Waals surface area contributed by atoms with Crippen molar-refractivity contribution in [3.63, 3.8) is 0 Å². The summed E-state index contributed by atoms with van der Waals surface area (Å²) in [5, 5.41) is 0. The van der Waals surface area contributed by atoms with E-state index < -0.39 is 0 Å². The molecule has 1 aromatic rings. The minimum Gasteiger partial charge on any atom is -0.398 e. The first-order chi connectivity index (χ1) is 6.13. The molecule has 0 saturated heterocycles. The largest absolute Gasteiger partial charge is 0.398 e. The van der Waals surface area contributed by atoms with Crippen molar-refractivity contribution in [2.75, 3.05) is 5.73 Å². The van der Waals surface area contributed by atoms with Gasteiger partial charge in [0.1, 0.15) is 5.78 Å². The molecule has 0 amide bonds. The molecule has 1 rings (SSSR count). The molecule has 0 aliphatic carbocycles. The molecule has 0 aromatic heterocycles. The number of alkyl halides is 1. The molecule has 0 spiro atoms. The number of carbonyl (C=O) groups excluding carboxylic acids is 1. The zero-order valence-electron chi connectivity index (χ0n) is 7.51. The van der Waals surface area contributed by atoms with Crippen molar-refractivity contribution in [2.45, 2.75) is 19.2 Å². The fourth-order valence-electron chi connectivity index (χ4n) is 1.17.